The number of hydrogen-bond donors (Lipinski definition) is 1. The maximum atomic E-state index is 12.4. The van der Waals surface area contributed by atoms with Gasteiger partial charge in [-0.15, -0.1) is 11.3 Å². The number of nitrogens with zero attached hydrogens (tertiary/aromatic N) is 1. The first-order valence-corrected chi connectivity index (χ1v) is 8.92. The summed E-state index contributed by atoms with van der Waals surface area (Å²) in [6.07, 6.45) is 0. The lowest BCUT2D eigenvalue weighted by Gasteiger charge is -2.18. The number of amides is 1. The molecule has 2 aromatic carbocycles. The van der Waals surface area contributed by atoms with Gasteiger partial charge in [-0.05, 0) is 36.4 Å². The number of rotatable bonds is 4. The van der Waals surface area contributed by atoms with Crippen LogP contribution in [0.4, 0.5) is 5.13 Å². The molecule has 1 aliphatic heterocycles. The Balaban J connectivity index is 1.52. The molecule has 0 aliphatic carbocycles. The van der Waals surface area contributed by atoms with Crippen molar-refractivity contribution in [2.24, 2.45) is 0 Å². The van der Waals surface area contributed by atoms with Crippen LogP contribution in [0.1, 0.15) is 10.4 Å². The lowest BCUT2D eigenvalue weighted by atomic mass is 10.1. The third-order valence-electron chi connectivity index (χ3n) is 3.89. The highest BCUT2D eigenvalue weighted by molar-refractivity contribution is 7.14. The van der Waals surface area contributed by atoms with Crippen molar-refractivity contribution < 1.29 is 19.0 Å². The number of aromatic nitrogens is 1. The van der Waals surface area contributed by atoms with Crippen molar-refractivity contribution in [1.82, 2.24) is 4.98 Å². The number of benzene rings is 2. The molecule has 132 valence electrons. The van der Waals surface area contributed by atoms with Gasteiger partial charge in [-0.2, -0.15) is 0 Å². The first-order valence-electron chi connectivity index (χ1n) is 8.04. The fourth-order valence-corrected chi connectivity index (χ4v) is 3.31. The first-order chi connectivity index (χ1) is 12.7. The van der Waals surface area contributed by atoms with E-state index in [0.717, 1.165) is 17.0 Å². The van der Waals surface area contributed by atoms with E-state index in [0.29, 0.717) is 35.4 Å². The summed E-state index contributed by atoms with van der Waals surface area (Å²) in [5.74, 6) is 1.85. The van der Waals surface area contributed by atoms with Gasteiger partial charge in [0.25, 0.3) is 5.91 Å². The van der Waals surface area contributed by atoms with E-state index >= 15 is 0 Å². The number of anilines is 1. The van der Waals surface area contributed by atoms with Crippen molar-refractivity contribution in [1.29, 1.82) is 0 Å². The third-order valence-corrected chi connectivity index (χ3v) is 4.65. The van der Waals surface area contributed by atoms with Gasteiger partial charge in [-0.25, -0.2) is 4.98 Å². The number of carbonyl (C=O) groups excluding carboxylic acids is 1. The van der Waals surface area contributed by atoms with Gasteiger partial charge in [0.2, 0.25) is 0 Å². The molecule has 6 nitrogen and oxygen atoms in total. The molecular formula is C19H16N2O4S. The predicted octanol–water partition coefficient (Wildman–Crippen LogP) is 3.84. The smallest absolute Gasteiger partial charge is 0.257 e. The normalized spacial score (nSPS) is 12.5. The second kappa shape index (κ2) is 7.05. The monoisotopic (exact) mass is 368 g/mol. The van der Waals surface area contributed by atoms with Gasteiger partial charge in [-0.3, -0.25) is 10.1 Å². The lowest BCUT2D eigenvalue weighted by molar-refractivity contribution is 0.102. The molecule has 7 heteroatoms. The molecule has 0 atom stereocenters. The summed E-state index contributed by atoms with van der Waals surface area (Å²) < 4.78 is 16.3. The van der Waals surface area contributed by atoms with Gasteiger partial charge in [0.05, 0.1) is 12.8 Å². The zero-order valence-electron chi connectivity index (χ0n) is 14.0. The van der Waals surface area contributed by atoms with E-state index in [1.165, 1.54) is 11.3 Å². The van der Waals surface area contributed by atoms with Gasteiger partial charge >= 0.3 is 0 Å². The largest absolute Gasteiger partial charge is 0.497 e. The van der Waals surface area contributed by atoms with Gasteiger partial charge < -0.3 is 14.2 Å². The van der Waals surface area contributed by atoms with Crippen molar-refractivity contribution in [3.05, 3.63) is 53.4 Å². The topological polar surface area (TPSA) is 69.7 Å². The number of methoxy groups -OCH3 is 1. The van der Waals surface area contributed by atoms with Crippen molar-refractivity contribution in [2.75, 3.05) is 25.6 Å². The Kier molecular flexibility index (Phi) is 4.45. The van der Waals surface area contributed by atoms with Crippen LogP contribution in [-0.4, -0.2) is 31.2 Å². The van der Waals surface area contributed by atoms with Gasteiger partial charge in [0.15, 0.2) is 16.6 Å². The fraction of sp³-hybridized carbons (Fsp3) is 0.158. The second-order valence-corrected chi connectivity index (χ2v) is 6.44. The van der Waals surface area contributed by atoms with Crippen molar-refractivity contribution in [2.45, 2.75) is 0 Å². The molecule has 0 spiro atoms. The molecule has 1 aromatic heterocycles. The zero-order valence-corrected chi connectivity index (χ0v) is 14.8. The summed E-state index contributed by atoms with van der Waals surface area (Å²) in [6.45, 7) is 1.10. The van der Waals surface area contributed by atoms with Crippen molar-refractivity contribution >= 4 is 22.4 Å². The minimum absolute atomic E-state index is 0.230. The summed E-state index contributed by atoms with van der Waals surface area (Å²) >= 11 is 1.37. The van der Waals surface area contributed by atoms with E-state index in [-0.39, 0.29) is 5.91 Å². The average Bonchev–Trinajstić information content (AvgIpc) is 3.16. The molecule has 0 unspecified atom stereocenters. The molecule has 4 rings (SSSR count). The van der Waals surface area contributed by atoms with Crippen molar-refractivity contribution in [3.63, 3.8) is 0 Å². The minimum atomic E-state index is -0.230. The number of fused-ring (bicyclic) bond motifs is 1. The van der Waals surface area contributed by atoms with Crippen LogP contribution in [0.2, 0.25) is 0 Å². The van der Waals surface area contributed by atoms with Crippen LogP contribution in [0, 0.1) is 0 Å². The van der Waals surface area contributed by atoms with E-state index < -0.39 is 0 Å². The summed E-state index contributed by atoms with van der Waals surface area (Å²) in [5, 5.41) is 5.24. The van der Waals surface area contributed by atoms with Crippen LogP contribution in [-0.2, 0) is 0 Å². The number of carbonyl (C=O) groups is 1. The highest BCUT2D eigenvalue weighted by Crippen LogP contribution is 2.35. The van der Waals surface area contributed by atoms with Crippen LogP contribution < -0.4 is 19.5 Å². The van der Waals surface area contributed by atoms with Crippen LogP contribution in [0.25, 0.3) is 11.3 Å². The Morgan fingerprint density at radius 2 is 2.00 bits per heavy atom. The average molecular weight is 368 g/mol. The van der Waals surface area contributed by atoms with E-state index in [9.17, 15) is 4.79 Å². The maximum absolute atomic E-state index is 12.4. The summed E-state index contributed by atoms with van der Waals surface area (Å²) in [7, 11) is 1.57. The standard InChI is InChI=1S/C19H16N2O4S/c1-23-14-4-2-3-13(9-14)18(22)21-19-20-15(11-26-19)12-5-6-16-17(10-12)25-8-7-24-16/h2-6,9-11H,7-8H2,1H3,(H,20,21,22). The second-order valence-electron chi connectivity index (χ2n) is 5.58. The highest BCUT2D eigenvalue weighted by atomic mass is 32.1. The molecule has 3 aromatic rings. The lowest BCUT2D eigenvalue weighted by Crippen LogP contribution is -2.15. The number of thiazole rings is 1. The van der Waals surface area contributed by atoms with Crippen molar-refractivity contribution in [3.8, 4) is 28.5 Å². The number of ether oxygens (including phenoxy) is 3. The molecule has 0 saturated carbocycles. The Hall–Kier alpha value is -3.06. The molecule has 1 amide bonds. The van der Waals surface area contributed by atoms with Gasteiger partial charge in [0.1, 0.15) is 19.0 Å². The SMILES string of the molecule is COc1cccc(C(=O)Nc2nc(-c3ccc4c(c3)OCCO4)cs2)c1. The van der Waals surface area contributed by atoms with Gasteiger partial charge in [0, 0.05) is 16.5 Å². The van der Waals surface area contributed by atoms with Crippen LogP contribution >= 0.6 is 11.3 Å². The molecule has 0 saturated heterocycles. The molecule has 1 aliphatic rings. The molecule has 0 fully saturated rings. The van der Waals surface area contributed by atoms with E-state index in [1.807, 2.05) is 23.6 Å². The Labute approximate surface area is 154 Å². The quantitative estimate of drug-likeness (QED) is 0.758. The Bertz CT molecular complexity index is 954. The molecule has 2 heterocycles. The molecule has 26 heavy (non-hydrogen) atoms. The minimum Gasteiger partial charge on any atom is -0.497 e. The third kappa shape index (κ3) is 3.34. The van der Waals surface area contributed by atoms with E-state index in [4.69, 9.17) is 14.2 Å². The number of nitrogens with one attached hydrogen (secondary N) is 1. The summed E-state index contributed by atoms with van der Waals surface area (Å²) in [5.41, 5.74) is 2.20. The van der Waals surface area contributed by atoms with Gasteiger partial charge in [-0.1, -0.05) is 6.07 Å². The van der Waals surface area contributed by atoms with Crippen LogP contribution in [0.5, 0.6) is 17.2 Å². The van der Waals surface area contributed by atoms with Crippen LogP contribution in [0.15, 0.2) is 47.8 Å². The van der Waals surface area contributed by atoms with E-state index in [1.54, 1.807) is 31.4 Å². The maximum Gasteiger partial charge on any atom is 0.257 e. The molecule has 0 radical (unpaired) electrons. The number of hydrogen-bond acceptors (Lipinski definition) is 6. The summed E-state index contributed by atoms with van der Waals surface area (Å²) in [6, 6.07) is 12.7. The molecule has 1 N–H and O–H groups in total. The highest BCUT2D eigenvalue weighted by Gasteiger charge is 2.15. The Morgan fingerprint density at radius 1 is 1.15 bits per heavy atom. The molecular weight excluding hydrogens is 352 g/mol. The predicted molar refractivity (Wildman–Crippen MR) is 99.5 cm³/mol. The molecule has 0 bridgehead atoms. The van der Waals surface area contributed by atoms with E-state index in [2.05, 4.69) is 10.3 Å². The first kappa shape index (κ1) is 16.4. The van der Waals surface area contributed by atoms with Crippen LogP contribution in [0.3, 0.4) is 0 Å². The summed E-state index contributed by atoms with van der Waals surface area (Å²) in [4.78, 5) is 16.9. The Morgan fingerprint density at radius 3 is 2.85 bits per heavy atom. The fourth-order valence-electron chi connectivity index (χ4n) is 2.60. The zero-order chi connectivity index (χ0) is 17.9.